The maximum Gasteiger partial charge on any atom is 0.152 e. The number of aryl methyl sites for hydroxylation is 1. The normalized spacial score (nSPS) is 21.2. The molecule has 0 aliphatic heterocycles. The highest BCUT2D eigenvalue weighted by Gasteiger charge is 2.48. The highest BCUT2D eigenvalue weighted by molar-refractivity contribution is 7.18. The number of anilines is 1. The molecule has 96 valence electrons. The number of hydrogen-bond acceptors (Lipinski definition) is 5. The third kappa shape index (κ3) is 1.78. The summed E-state index contributed by atoms with van der Waals surface area (Å²) in [7, 11) is 0. The quantitative estimate of drug-likeness (QED) is 0.659. The fourth-order valence-electron chi connectivity index (χ4n) is 2.34. The topological polar surface area (TPSA) is 63.8 Å². The number of nitrogens with zero attached hydrogens (tertiary/aromatic N) is 2. The zero-order chi connectivity index (χ0) is 12.9. The third-order valence-corrected chi connectivity index (χ3v) is 4.94. The van der Waals surface area contributed by atoms with E-state index in [0.29, 0.717) is 11.3 Å². The van der Waals surface area contributed by atoms with E-state index < -0.39 is 0 Å². The summed E-state index contributed by atoms with van der Waals surface area (Å²) in [6.07, 6.45) is 2.18. The Labute approximate surface area is 111 Å². The van der Waals surface area contributed by atoms with Crippen LogP contribution in [-0.4, -0.2) is 9.97 Å². The van der Waals surface area contributed by atoms with Crippen molar-refractivity contribution in [1.82, 2.24) is 9.97 Å². The summed E-state index contributed by atoms with van der Waals surface area (Å²) in [5.41, 5.74) is 3.05. The molecule has 1 saturated carbocycles. The van der Waals surface area contributed by atoms with Crippen LogP contribution in [0.4, 0.5) is 5.82 Å². The summed E-state index contributed by atoms with van der Waals surface area (Å²) in [5, 5.41) is 1.04. The molecule has 3 rings (SSSR count). The number of fused-ring (bicyclic) bond motifs is 1. The maximum atomic E-state index is 5.59. The van der Waals surface area contributed by atoms with Gasteiger partial charge < -0.3 is 5.43 Å². The van der Waals surface area contributed by atoms with Crippen molar-refractivity contribution in [2.45, 2.75) is 39.5 Å². The van der Waals surface area contributed by atoms with Gasteiger partial charge in [-0.1, -0.05) is 20.8 Å². The van der Waals surface area contributed by atoms with E-state index in [0.717, 1.165) is 34.7 Å². The Kier molecular flexibility index (Phi) is 2.57. The second-order valence-electron chi connectivity index (χ2n) is 5.61. The zero-order valence-corrected chi connectivity index (χ0v) is 11.8. The molecule has 5 heteroatoms. The standard InChI is InChI=1S/C13H18N4S/c1-4-7-5-8-10(17-14)15-11(16-12(8)18-7)9-6-13(9,2)3/h5,9H,4,6,14H2,1-3H3,(H,15,16,17). The van der Waals surface area contributed by atoms with Crippen molar-refractivity contribution < 1.29 is 0 Å². The lowest BCUT2D eigenvalue weighted by molar-refractivity contribution is 0.610. The number of aromatic nitrogens is 2. The molecule has 1 fully saturated rings. The molecule has 0 amide bonds. The van der Waals surface area contributed by atoms with Gasteiger partial charge in [-0.2, -0.15) is 0 Å². The second kappa shape index (κ2) is 3.90. The van der Waals surface area contributed by atoms with Crippen LogP contribution in [0.25, 0.3) is 10.2 Å². The molecule has 0 spiro atoms. The molecule has 2 aromatic heterocycles. The van der Waals surface area contributed by atoms with Gasteiger partial charge in [-0.15, -0.1) is 11.3 Å². The first-order chi connectivity index (χ1) is 8.55. The van der Waals surface area contributed by atoms with Crippen LogP contribution in [0.5, 0.6) is 0 Å². The zero-order valence-electron chi connectivity index (χ0n) is 10.9. The van der Waals surface area contributed by atoms with Crippen molar-refractivity contribution in [2.75, 3.05) is 5.43 Å². The highest BCUT2D eigenvalue weighted by atomic mass is 32.1. The molecule has 2 heterocycles. The Balaban J connectivity index is 2.12. The van der Waals surface area contributed by atoms with E-state index in [-0.39, 0.29) is 0 Å². The minimum absolute atomic E-state index is 0.338. The number of nitrogen functional groups attached to an aromatic ring is 1. The lowest BCUT2D eigenvalue weighted by atomic mass is 10.1. The van der Waals surface area contributed by atoms with E-state index in [1.807, 2.05) is 0 Å². The molecule has 1 aliphatic carbocycles. The average Bonchev–Trinajstić information content (AvgIpc) is 2.82. The number of rotatable bonds is 3. The van der Waals surface area contributed by atoms with Gasteiger partial charge in [0.15, 0.2) is 5.82 Å². The Bertz CT molecular complexity index is 602. The van der Waals surface area contributed by atoms with E-state index in [2.05, 4.69) is 37.2 Å². The summed E-state index contributed by atoms with van der Waals surface area (Å²) in [6.45, 7) is 6.66. The van der Waals surface area contributed by atoms with Gasteiger partial charge in [-0.05, 0) is 24.3 Å². The van der Waals surface area contributed by atoms with Crippen LogP contribution < -0.4 is 11.3 Å². The Morgan fingerprint density at radius 3 is 2.78 bits per heavy atom. The van der Waals surface area contributed by atoms with Crippen LogP contribution >= 0.6 is 11.3 Å². The molecule has 0 bridgehead atoms. The second-order valence-corrected chi connectivity index (χ2v) is 6.72. The molecule has 0 radical (unpaired) electrons. The van der Waals surface area contributed by atoms with Crippen molar-refractivity contribution in [2.24, 2.45) is 11.3 Å². The predicted molar refractivity (Wildman–Crippen MR) is 75.7 cm³/mol. The minimum Gasteiger partial charge on any atom is -0.308 e. The van der Waals surface area contributed by atoms with Gasteiger partial charge >= 0.3 is 0 Å². The number of nitrogens with two attached hydrogens (primary N) is 1. The van der Waals surface area contributed by atoms with Gasteiger partial charge in [-0.3, -0.25) is 0 Å². The summed E-state index contributed by atoms with van der Waals surface area (Å²) < 4.78 is 0. The van der Waals surface area contributed by atoms with Crippen LogP contribution in [0, 0.1) is 5.41 Å². The van der Waals surface area contributed by atoms with E-state index in [4.69, 9.17) is 10.8 Å². The molecule has 18 heavy (non-hydrogen) atoms. The maximum absolute atomic E-state index is 5.59. The summed E-state index contributed by atoms with van der Waals surface area (Å²) >= 11 is 1.74. The Morgan fingerprint density at radius 2 is 2.22 bits per heavy atom. The fourth-order valence-corrected chi connectivity index (χ4v) is 3.31. The number of hydrazine groups is 1. The monoisotopic (exact) mass is 262 g/mol. The lowest BCUT2D eigenvalue weighted by Gasteiger charge is -2.06. The van der Waals surface area contributed by atoms with Crippen LogP contribution in [0.15, 0.2) is 6.07 Å². The number of nitrogens with one attached hydrogen (secondary N) is 1. The predicted octanol–water partition coefficient (Wildman–Crippen LogP) is 3.05. The van der Waals surface area contributed by atoms with E-state index in [1.165, 1.54) is 4.88 Å². The van der Waals surface area contributed by atoms with Gasteiger partial charge in [0.1, 0.15) is 10.7 Å². The smallest absolute Gasteiger partial charge is 0.152 e. The first-order valence-electron chi connectivity index (χ1n) is 6.32. The SMILES string of the molecule is CCc1cc2c(NN)nc(C3CC3(C)C)nc2s1. The molecule has 0 aromatic carbocycles. The summed E-state index contributed by atoms with van der Waals surface area (Å²) in [4.78, 5) is 11.7. The molecule has 1 unspecified atom stereocenters. The van der Waals surface area contributed by atoms with Crippen molar-refractivity contribution in [3.8, 4) is 0 Å². The first kappa shape index (κ1) is 11.9. The highest BCUT2D eigenvalue weighted by Crippen LogP contribution is 2.57. The van der Waals surface area contributed by atoms with Gasteiger partial charge in [0, 0.05) is 10.8 Å². The molecule has 0 saturated heterocycles. The van der Waals surface area contributed by atoms with Crippen LogP contribution in [0.3, 0.4) is 0 Å². The number of thiophene rings is 1. The van der Waals surface area contributed by atoms with Gasteiger partial charge in [-0.25, -0.2) is 15.8 Å². The average molecular weight is 262 g/mol. The van der Waals surface area contributed by atoms with Crippen molar-refractivity contribution in [3.05, 3.63) is 16.8 Å². The van der Waals surface area contributed by atoms with Crippen molar-refractivity contribution in [1.29, 1.82) is 0 Å². The first-order valence-corrected chi connectivity index (χ1v) is 7.14. The lowest BCUT2D eigenvalue weighted by Crippen LogP contribution is -2.11. The molecule has 4 nitrogen and oxygen atoms in total. The molecule has 3 N–H and O–H groups in total. The summed E-state index contributed by atoms with van der Waals surface area (Å²) in [6, 6.07) is 2.14. The fraction of sp³-hybridized carbons (Fsp3) is 0.538. The van der Waals surface area contributed by atoms with E-state index in [1.54, 1.807) is 11.3 Å². The molecular weight excluding hydrogens is 244 g/mol. The van der Waals surface area contributed by atoms with Crippen molar-refractivity contribution >= 4 is 27.4 Å². The van der Waals surface area contributed by atoms with Crippen LogP contribution in [-0.2, 0) is 6.42 Å². The van der Waals surface area contributed by atoms with Crippen LogP contribution in [0.1, 0.15) is 43.8 Å². The largest absolute Gasteiger partial charge is 0.308 e. The Morgan fingerprint density at radius 1 is 1.50 bits per heavy atom. The molecule has 1 atom stereocenters. The van der Waals surface area contributed by atoms with Crippen molar-refractivity contribution in [3.63, 3.8) is 0 Å². The molecule has 1 aliphatic rings. The summed E-state index contributed by atoms with van der Waals surface area (Å²) in [5.74, 6) is 7.75. The van der Waals surface area contributed by atoms with Gasteiger partial charge in [0.25, 0.3) is 0 Å². The van der Waals surface area contributed by atoms with E-state index in [9.17, 15) is 0 Å². The third-order valence-electron chi connectivity index (χ3n) is 3.77. The Hall–Kier alpha value is -1.20. The van der Waals surface area contributed by atoms with Gasteiger partial charge in [0.05, 0.1) is 5.39 Å². The number of hydrogen-bond donors (Lipinski definition) is 2. The minimum atomic E-state index is 0.338. The molecular formula is C13H18N4S. The molecule has 2 aromatic rings. The van der Waals surface area contributed by atoms with E-state index >= 15 is 0 Å². The van der Waals surface area contributed by atoms with Gasteiger partial charge in [0.2, 0.25) is 0 Å². The van der Waals surface area contributed by atoms with Crippen LogP contribution in [0.2, 0.25) is 0 Å².